The maximum atomic E-state index is 12.4. The Bertz CT molecular complexity index is 1060. The highest BCUT2D eigenvalue weighted by Gasteiger charge is 2.18. The Kier molecular flexibility index (Phi) is 5.76. The molecule has 29 heavy (non-hydrogen) atoms. The highest BCUT2D eigenvalue weighted by molar-refractivity contribution is 7.99. The lowest BCUT2D eigenvalue weighted by molar-refractivity contribution is 0.252. The van der Waals surface area contributed by atoms with Crippen molar-refractivity contribution >= 4 is 23.4 Å². The average Bonchev–Trinajstić information content (AvgIpc) is 3.27. The first-order valence-corrected chi connectivity index (χ1v) is 10.2. The third-order valence-corrected chi connectivity index (χ3v) is 5.47. The van der Waals surface area contributed by atoms with E-state index in [1.807, 2.05) is 4.57 Å². The number of nitriles is 1. The number of fused-ring (bicyclic) bond motifs is 1. The molecule has 1 aromatic carbocycles. The van der Waals surface area contributed by atoms with E-state index in [0.717, 1.165) is 43.6 Å². The number of benzene rings is 1. The number of thioether (sulfide) groups is 1. The number of hydrogen-bond acceptors (Lipinski definition) is 5. The number of hydrogen-bond donors (Lipinski definition) is 0. The number of alkyl halides is 2. The van der Waals surface area contributed by atoms with Crippen LogP contribution in [0.25, 0.3) is 23.0 Å². The fraction of sp³-hybridized carbons (Fsp3) is 0.286. The van der Waals surface area contributed by atoms with Crippen LogP contribution in [0.4, 0.5) is 8.78 Å². The van der Waals surface area contributed by atoms with Gasteiger partial charge in [0.1, 0.15) is 29.0 Å². The molecule has 0 bridgehead atoms. The zero-order chi connectivity index (χ0) is 20.2. The molecule has 0 atom stereocenters. The molecule has 0 fully saturated rings. The molecule has 148 valence electrons. The van der Waals surface area contributed by atoms with Crippen molar-refractivity contribution in [2.45, 2.75) is 42.9 Å². The van der Waals surface area contributed by atoms with Crippen molar-refractivity contribution in [2.75, 3.05) is 0 Å². The van der Waals surface area contributed by atoms with E-state index in [1.165, 1.54) is 0 Å². The number of halogens is 2. The van der Waals surface area contributed by atoms with Gasteiger partial charge in [0.15, 0.2) is 5.82 Å². The van der Waals surface area contributed by atoms with Crippen LogP contribution in [0.1, 0.15) is 36.7 Å². The topological polar surface area (TPSA) is 67.6 Å². The van der Waals surface area contributed by atoms with Gasteiger partial charge in [-0.3, -0.25) is 0 Å². The molecule has 2 aromatic heterocycles. The summed E-state index contributed by atoms with van der Waals surface area (Å²) in [6.45, 7) is 0.809. The third-order valence-electron chi connectivity index (χ3n) is 4.75. The number of nitrogens with zero attached hydrogens (tertiary/aromatic N) is 4. The maximum absolute atomic E-state index is 12.4. The normalized spacial score (nSPS) is 14.5. The van der Waals surface area contributed by atoms with Gasteiger partial charge in [0.05, 0.1) is 0 Å². The fourth-order valence-electron chi connectivity index (χ4n) is 3.36. The summed E-state index contributed by atoms with van der Waals surface area (Å²) in [6.07, 6.45) is 5.80. The molecular formula is C21H18F2N4OS. The van der Waals surface area contributed by atoms with Crippen LogP contribution in [0.5, 0.6) is 0 Å². The Balaban J connectivity index is 1.58. The van der Waals surface area contributed by atoms with Gasteiger partial charge in [-0.05, 0) is 37.1 Å². The quantitative estimate of drug-likeness (QED) is 0.400. The second-order valence-electron chi connectivity index (χ2n) is 6.68. The van der Waals surface area contributed by atoms with Gasteiger partial charge in [-0.25, -0.2) is 0 Å². The number of rotatable bonds is 5. The Morgan fingerprint density at radius 3 is 2.72 bits per heavy atom. The van der Waals surface area contributed by atoms with Gasteiger partial charge in [0.25, 0.3) is 5.76 Å². The minimum Gasteiger partial charge on any atom is -0.457 e. The summed E-state index contributed by atoms with van der Waals surface area (Å²) in [5.41, 5.74) is 1.17. The molecule has 5 nitrogen and oxygen atoms in total. The molecule has 1 aliphatic rings. The van der Waals surface area contributed by atoms with Gasteiger partial charge in [-0.1, -0.05) is 30.3 Å². The highest BCUT2D eigenvalue weighted by atomic mass is 32.2. The molecule has 4 rings (SSSR count). The summed E-state index contributed by atoms with van der Waals surface area (Å²) in [6, 6.07) is 12.5. The monoisotopic (exact) mass is 412 g/mol. The minimum absolute atomic E-state index is 0.398. The summed E-state index contributed by atoms with van der Waals surface area (Å²) in [4.78, 5) is 0.495. The van der Waals surface area contributed by atoms with Gasteiger partial charge >= 0.3 is 0 Å². The average molecular weight is 412 g/mol. The van der Waals surface area contributed by atoms with Gasteiger partial charge in [0, 0.05) is 29.5 Å². The predicted octanol–water partition coefficient (Wildman–Crippen LogP) is 5.64. The first kappa shape index (κ1) is 19.4. The number of aromatic nitrogens is 3. The molecule has 8 heteroatoms. The Labute approximate surface area is 171 Å². The zero-order valence-electron chi connectivity index (χ0n) is 15.5. The van der Waals surface area contributed by atoms with Crippen LogP contribution in [0.15, 0.2) is 45.7 Å². The van der Waals surface area contributed by atoms with Crippen molar-refractivity contribution in [1.82, 2.24) is 14.8 Å². The van der Waals surface area contributed by atoms with Gasteiger partial charge in [0.2, 0.25) is 0 Å². The van der Waals surface area contributed by atoms with Crippen molar-refractivity contribution < 1.29 is 13.2 Å². The van der Waals surface area contributed by atoms with Crippen LogP contribution >= 0.6 is 11.8 Å². The van der Waals surface area contributed by atoms with E-state index in [0.29, 0.717) is 39.6 Å². The van der Waals surface area contributed by atoms with Crippen molar-refractivity contribution in [3.8, 4) is 17.4 Å². The van der Waals surface area contributed by atoms with Crippen LogP contribution in [0.3, 0.4) is 0 Å². The summed E-state index contributed by atoms with van der Waals surface area (Å²) in [5, 5.41) is 18.1. The largest absolute Gasteiger partial charge is 0.457 e. The second-order valence-corrected chi connectivity index (χ2v) is 7.74. The van der Waals surface area contributed by atoms with Gasteiger partial charge < -0.3 is 8.98 Å². The van der Waals surface area contributed by atoms with Gasteiger partial charge in [-0.2, -0.15) is 14.0 Å². The fourth-order valence-corrected chi connectivity index (χ4v) is 3.86. The molecule has 1 aliphatic heterocycles. The summed E-state index contributed by atoms with van der Waals surface area (Å²) in [7, 11) is 0. The first-order valence-electron chi connectivity index (χ1n) is 9.33. The van der Waals surface area contributed by atoms with Crippen molar-refractivity contribution in [3.05, 3.63) is 53.8 Å². The zero-order valence-corrected chi connectivity index (χ0v) is 16.3. The van der Waals surface area contributed by atoms with E-state index in [1.54, 1.807) is 42.5 Å². The van der Waals surface area contributed by atoms with E-state index in [4.69, 9.17) is 4.42 Å². The molecule has 0 unspecified atom stereocenters. The first-order chi connectivity index (χ1) is 14.1. The van der Waals surface area contributed by atoms with Crippen LogP contribution < -0.4 is 0 Å². The van der Waals surface area contributed by atoms with Crippen LogP contribution in [0, 0.1) is 11.3 Å². The molecule has 0 aliphatic carbocycles. The lowest BCUT2D eigenvalue weighted by Crippen LogP contribution is -2.05. The second kappa shape index (κ2) is 8.62. The summed E-state index contributed by atoms with van der Waals surface area (Å²) in [5.74, 6) is 0.157. The van der Waals surface area contributed by atoms with E-state index in [2.05, 4.69) is 16.3 Å². The van der Waals surface area contributed by atoms with E-state index < -0.39 is 5.76 Å². The molecule has 0 amide bonds. The molecule has 0 N–H and O–H groups in total. The van der Waals surface area contributed by atoms with E-state index in [9.17, 15) is 14.0 Å². The van der Waals surface area contributed by atoms with Crippen molar-refractivity contribution in [1.29, 1.82) is 5.26 Å². The Morgan fingerprint density at radius 1 is 1.14 bits per heavy atom. The van der Waals surface area contributed by atoms with Crippen molar-refractivity contribution in [2.24, 2.45) is 0 Å². The summed E-state index contributed by atoms with van der Waals surface area (Å²) < 4.78 is 32.8. The molecular weight excluding hydrogens is 394 g/mol. The Hall–Kier alpha value is -2.92. The molecule has 3 heterocycles. The van der Waals surface area contributed by atoms with Crippen LogP contribution in [0.2, 0.25) is 0 Å². The summed E-state index contributed by atoms with van der Waals surface area (Å²) >= 11 is 0.505. The minimum atomic E-state index is -2.45. The molecule has 0 saturated carbocycles. The van der Waals surface area contributed by atoms with Crippen LogP contribution in [-0.2, 0) is 13.0 Å². The third kappa shape index (κ3) is 4.40. The van der Waals surface area contributed by atoms with Crippen molar-refractivity contribution in [3.63, 3.8) is 0 Å². The van der Waals surface area contributed by atoms with E-state index in [-0.39, 0.29) is 0 Å². The SMILES string of the molecule is N#C/C(=C\c1ccc(-c2ccc(SC(F)F)cc2)o1)c1nnc2n1CCCCC2. The predicted molar refractivity (Wildman–Crippen MR) is 107 cm³/mol. The van der Waals surface area contributed by atoms with Gasteiger partial charge in [-0.15, -0.1) is 10.2 Å². The maximum Gasteiger partial charge on any atom is 0.288 e. The molecule has 0 spiro atoms. The highest BCUT2D eigenvalue weighted by Crippen LogP contribution is 2.30. The number of allylic oxidation sites excluding steroid dienone is 1. The lowest BCUT2D eigenvalue weighted by atomic mass is 10.2. The Morgan fingerprint density at radius 2 is 1.97 bits per heavy atom. The smallest absolute Gasteiger partial charge is 0.288 e. The number of furan rings is 1. The van der Waals surface area contributed by atoms with E-state index >= 15 is 0 Å². The molecule has 0 radical (unpaired) electrons. The number of aryl methyl sites for hydroxylation is 1. The van der Waals surface area contributed by atoms with Crippen LogP contribution in [-0.4, -0.2) is 20.5 Å². The molecule has 0 saturated heterocycles. The lowest BCUT2D eigenvalue weighted by Gasteiger charge is -2.05. The molecule has 3 aromatic rings. The standard InChI is InChI=1S/C21H18F2N4OS/c22-21(23)29-17-8-5-14(6-9-17)18-10-7-16(28-18)12-15(13-24)20-26-25-19-4-2-1-3-11-27(19)20/h5-10,12,21H,1-4,11H2/b15-12+.